The van der Waals surface area contributed by atoms with Crippen LogP contribution in [0.1, 0.15) is 20.3 Å². The van der Waals surface area contributed by atoms with Crippen LogP contribution in [0.3, 0.4) is 0 Å². The SMILES string of the molecule is CC(C)N1CCN(C(CCN)C(=O)O)CC1. The summed E-state index contributed by atoms with van der Waals surface area (Å²) >= 11 is 0. The molecule has 1 aliphatic rings. The Labute approximate surface area is 97.2 Å². The lowest BCUT2D eigenvalue weighted by Gasteiger charge is -2.39. The number of rotatable bonds is 5. The van der Waals surface area contributed by atoms with Crippen LogP contribution >= 0.6 is 0 Å². The Hall–Kier alpha value is -0.650. The summed E-state index contributed by atoms with van der Waals surface area (Å²) in [6, 6.07) is 0.138. The van der Waals surface area contributed by atoms with Crippen LogP contribution in [0.2, 0.25) is 0 Å². The molecule has 0 bridgehead atoms. The maximum absolute atomic E-state index is 11.1. The molecule has 3 N–H and O–H groups in total. The molecule has 0 aliphatic carbocycles. The second kappa shape index (κ2) is 6.18. The number of hydrogen-bond donors (Lipinski definition) is 2. The fourth-order valence-corrected chi connectivity index (χ4v) is 2.19. The van der Waals surface area contributed by atoms with Gasteiger partial charge in [0, 0.05) is 32.2 Å². The van der Waals surface area contributed by atoms with Gasteiger partial charge in [-0.1, -0.05) is 0 Å². The van der Waals surface area contributed by atoms with Crippen LogP contribution in [0.15, 0.2) is 0 Å². The normalized spacial score (nSPS) is 21.2. The number of nitrogens with two attached hydrogens (primary N) is 1. The summed E-state index contributed by atoms with van der Waals surface area (Å²) in [4.78, 5) is 15.5. The summed E-state index contributed by atoms with van der Waals surface area (Å²) in [6.45, 7) is 8.33. The Morgan fingerprint density at radius 3 is 2.12 bits per heavy atom. The van der Waals surface area contributed by atoms with Crippen LogP contribution in [0, 0.1) is 0 Å². The van der Waals surface area contributed by atoms with Gasteiger partial charge in [0.2, 0.25) is 0 Å². The summed E-state index contributed by atoms with van der Waals surface area (Å²) in [6.07, 6.45) is 0.539. The average Bonchev–Trinajstić information content (AvgIpc) is 2.25. The Morgan fingerprint density at radius 2 is 1.75 bits per heavy atom. The van der Waals surface area contributed by atoms with Gasteiger partial charge < -0.3 is 10.8 Å². The Bertz CT molecular complexity index is 225. The van der Waals surface area contributed by atoms with E-state index in [2.05, 4.69) is 18.7 Å². The highest BCUT2D eigenvalue weighted by atomic mass is 16.4. The Balaban J connectivity index is 2.47. The van der Waals surface area contributed by atoms with E-state index in [4.69, 9.17) is 10.8 Å². The predicted molar refractivity (Wildman–Crippen MR) is 63.4 cm³/mol. The first-order chi connectivity index (χ1) is 7.56. The number of piperazine rings is 1. The van der Waals surface area contributed by atoms with Gasteiger partial charge in [0.05, 0.1) is 0 Å². The van der Waals surface area contributed by atoms with Crippen molar-refractivity contribution in [3.05, 3.63) is 0 Å². The maximum atomic E-state index is 11.1. The molecule has 5 nitrogen and oxygen atoms in total. The molecule has 0 aromatic carbocycles. The molecule has 0 aromatic heterocycles. The molecule has 16 heavy (non-hydrogen) atoms. The van der Waals surface area contributed by atoms with Gasteiger partial charge >= 0.3 is 5.97 Å². The first-order valence-electron chi connectivity index (χ1n) is 5.97. The van der Waals surface area contributed by atoms with Gasteiger partial charge in [0.25, 0.3) is 0 Å². The molecule has 1 heterocycles. The van der Waals surface area contributed by atoms with Crippen molar-refractivity contribution in [1.29, 1.82) is 0 Å². The molecular formula is C11H23N3O2. The molecule has 1 fully saturated rings. The van der Waals surface area contributed by atoms with Crippen molar-refractivity contribution in [3.63, 3.8) is 0 Å². The van der Waals surface area contributed by atoms with Gasteiger partial charge in [0.1, 0.15) is 6.04 Å². The molecule has 1 unspecified atom stereocenters. The van der Waals surface area contributed by atoms with Crippen molar-refractivity contribution in [2.24, 2.45) is 5.73 Å². The summed E-state index contributed by atoms with van der Waals surface area (Å²) < 4.78 is 0. The predicted octanol–water partition coefficient (Wildman–Crippen LogP) is -0.186. The topological polar surface area (TPSA) is 69.8 Å². The molecule has 94 valence electrons. The molecule has 1 atom stereocenters. The zero-order valence-corrected chi connectivity index (χ0v) is 10.2. The largest absolute Gasteiger partial charge is 0.480 e. The van der Waals surface area contributed by atoms with Crippen molar-refractivity contribution >= 4 is 5.97 Å². The molecule has 0 saturated carbocycles. The Kier molecular flexibility index (Phi) is 5.18. The van der Waals surface area contributed by atoms with E-state index in [0.29, 0.717) is 19.0 Å². The molecule has 1 rings (SSSR count). The van der Waals surface area contributed by atoms with E-state index in [-0.39, 0.29) is 0 Å². The molecule has 0 aromatic rings. The highest BCUT2D eigenvalue weighted by molar-refractivity contribution is 5.73. The Morgan fingerprint density at radius 1 is 1.25 bits per heavy atom. The quantitative estimate of drug-likeness (QED) is 0.684. The fourth-order valence-electron chi connectivity index (χ4n) is 2.19. The highest BCUT2D eigenvalue weighted by Crippen LogP contribution is 2.11. The van der Waals surface area contributed by atoms with Gasteiger partial charge in [-0.05, 0) is 26.8 Å². The van der Waals surface area contributed by atoms with Crippen LogP contribution in [-0.4, -0.2) is 65.7 Å². The minimum atomic E-state index is -0.747. The van der Waals surface area contributed by atoms with Gasteiger partial charge in [0.15, 0.2) is 0 Å². The smallest absolute Gasteiger partial charge is 0.320 e. The van der Waals surface area contributed by atoms with E-state index in [9.17, 15) is 4.79 Å². The van der Waals surface area contributed by atoms with Crippen LogP contribution in [0.5, 0.6) is 0 Å². The number of carbonyl (C=O) groups is 1. The van der Waals surface area contributed by atoms with Gasteiger partial charge in [-0.25, -0.2) is 0 Å². The second-order valence-corrected chi connectivity index (χ2v) is 4.60. The van der Waals surface area contributed by atoms with Gasteiger partial charge in [-0.15, -0.1) is 0 Å². The molecule has 1 saturated heterocycles. The van der Waals surface area contributed by atoms with Crippen molar-refractivity contribution in [1.82, 2.24) is 9.80 Å². The number of carboxylic acid groups (broad SMARTS) is 1. The molecule has 0 spiro atoms. The first kappa shape index (κ1) is 13.4. The first-order valence-corrected chi connectivity index (χ1v) is 5.97. The minimum absolute atomic E-state index is 0.403. The second-order valence-electron chi connectivity index (χ2n) is 4.60. The van der Waals surface area contributed by atoms with Gasteiger partial charge in [-0.2, -0.15) is 0 Å². The molecule has 0 radical (unpaired) electrons. The maximum Gasteiger partial charge on any atom is 0.320 e. The van der Waals surface area contributed by atoms with Crippen molar-refractivity contribution in [3.8, 4) is 0 Å². The number of nitrogens with zero attached hydrogens (tertiary/aromatic N) is 2. The van der Waals surface area contributed by atoms with E-state index in [0.717, 1.165) is 26.2 Å². The lowest BCUT2D eigenvalue weighted by atomic mass is 10.1. The van der Waals surface area contributed by atoms with Crippen molar-refractivity contribution < 1.29 is 9.90 Å². The monoisotopic (exact) mass is 229 g/mol. The van der Waals surface area contributed by atoms with E-state index >= 15 is 0 Å². The average molecular weight is 229 g/mol. The number of hydrogen-bond acceptors (Lipinski definition) is 4. The summed E-state index contributed by atoms with van der Waals surface area (Å²) in [7, 11) is 0. The minimum Gasteiger partial charge on any atom is -0.480 e. The van der Waals surface area contributed by atoms with Crippen LogP contribution in [0.25, 0.3) is 0 Å². The summed E-state index contributed by atoms with van der Waals surface area (Å²) in [5.74, 6) is -0.747. The van der Waals surface area contributed by atoms with Crippen molar-refractivity contribution in [2.75, 3.05) is 32.7 Å². The zero-order valence-electron chi connectivity index (χ0n) is 10.2. The molecule has 0 amide bonds. The zero-order chi connectivity index (χ0) is 12.1. The van der Waals surface area contributed by atoms with Crippen LogP contribution < -0.4 is 5.73 Å². The molecule has 1 aliphatic heterocycles. The fraction of sp³-hybridized carbons (Fsp3) is 0.909. The van der Waals surface area contributed by atoms with Crippen LogP contribution in [0.4, 0.5) is 0 Å². The summed E-state index contributed by atoms with van der Waals surface area (Å²) in [5, 5.41) is 9.12. The van der Waals surface area contributed by atoms with E-state index in [1.165, 1.54) is 0 Å². The molecular weight excluding hydrogens is 206 g/mol. The third kappa shape index (κ3) is 3.43. The van der Waals surface area contributed by atoms with Crippen LogP contribution in [-0.2, 0) is 4.79 Å². The highest BCUT2D eigenvalue weighted by Gasteiger charge is 2.28. The lowest BCUT2D eigenvalue weighted by molar-refractivity contribution is -0.144. The van der Waals surface area contributed by atoms with Crippen molar-refractivity contribution in [2.45, 2.75) is 32.4 Å². The van der Waals surface area contributed by atoms with E-state index < -0.39 is 12.0 Å². The third-order valence-electron chi connectivity index (χ3n) is 3.25. The standard InChI is InChI=1S/C11H23N3O2/c1-9(2)13-5-7-14(8-6-13)10(3-4-12)11(15)16/h9-10H,3-8,12H2,1-2H3,(H,15,16). The van der Waals surface area contributed by atoms with E-state index in [1.54, 1.807) is 0 Å². The van der Waals surface area contributed by atoms with Gasteiger partial charge in [-0.3, -0.25) is 14.6 Å². The number of aliphatic carboxylic acids is 1. The molecule has 5 heteroatoms. The summed E-state index contributed by atoms with van der Waals surface area (Å²) in [5.41, 5.74) is 5.45. The lowest BCUT2D eigenvalue weighted by Crippen LogP contribution is -2.54. The van der Waals surface area contributed by atoms with E-state index in [1.807, 2.05) is 4.90 Å². The number of carboxylic acids is 1. The third-order valence-corrected chi connectivity index (χ3v) is 3.25.